The zero-order valence-electron chi connectivity index (χ0n) is 14.9. The lowest BCUT2D eigenvalue weighted by Crippen LogP contribution is -2.09. The second kappa shape index (κ2) is 7.64. The van der Waals surface area contributed by atoms with E-state index >= 15 is 0 Å². The molecule has 0 spiro atoms. The fourth-order valence-corrected chi connectivity index (χ4v) is 3.62. The number of fused-ring (bicyclic) bond motifs is 1. The number of carbonyl (C=O) groups is 1. The number of pyridine rings is 1. The van der Waals surface area contributed by atoms with Gasteiger partial charge in [-0.25, -0.2) is 9.78 Å². The number of ether oxygens (including phenoxy) is 1. The molecular weight excluding hydrogens is 416 g/mol. The first kappa shape index (κ1) is 20.5. The molecule has 0 aliphatic rings. The van der Waals surface area contributed by atoms with Crippen LogP contribution < -0.4 is 0 Å². The van der Waals surface area contributed by atoms with Crippen LogP contribution >= 0.6 is 23.2 Å². The van der Waals surface area contributed by atoms with Gasteiger partial charge in [-0.3, -0.25) is 0 Å². The van der Waals surface area contributed by atoms with E-state index in [9.17, 15) is 18.0 Å². The van der Waals surface area contributed by atoms with Crippen LogP contribution in [0.5, 0.6) is 0 Å². The first-order valence-corrected chi connectivity index (χ1v) is 9.06. The predicted octanol–water partition coefficient (Wildman–Crippen LogP) is 5.96. The van der Waals surface area contributed by atoms with Crippen LogP contribution in [-0.4, -0.2) is 22.5 Å². The number of nitrogens with zero attached hydrogens (tertiary/aromatic N) is 1. The van der Waals surface area contributed by atoms with Gasteiger partial charge in [-0.05, 0) is 42.7 Å². The lowest BCUT2D eigenvalue weighted by Gasteiger charge is -2.12. The van der Waals surface area contributed by atoms with E-state index in [0.717, 1.165) is 12.1 Å². The molecule has 28 heavy (non-hydrogen) atoms. The molecule has 9 heteroatoms. The number of hydrogen-bond acceptors (Lipinski definition) is 3. The first-order valence-electron chi connectivity index (χ1n) is 8.31. The minimum Gasteiger partial charge on any atom is -0.461 e. The summed E-state index contributed by atoms with van der Waals surface area (Å²) in [5.74, 6) is -0.671. The summed E-state index contributed by atoms with van der Waals surface area (Å²) < 4.78 is 44.0. The van der Waals surface area contributed by atoms with Crippen molar-refractivity contribution in [2.75, 3.05) is 6.61 Å². The number of esters is 1. The molecule has 0 fully saturated rings. The number of nitrogens with one attached hydrogen (secondary N) is 1. The summed E-state index contributed by atoms with van der Waals surface area (Å²) in [7, 11) is 0. The number of alkyl halides is 3. The molecule has 2 heterocycles. The molecule has 0 amide bonds. The Kier molecular flexibility index (Phi) is 5.59. The summed E-state index contributed by atoms with van der Waals surface area (Å²) in [5.41, 5.74) is 1.18. The van der Waals surface area contributed by atoms with Crippen LogP contribution in [0.15, 0.2) is 24.5 Å². The summed E-state index contributed by atoms with van der Waals surface area (Å²) >= 11 is 12.5. The Morgan fingerprint density at radius 2 is 2.00 bits per heavy atom. The third kappa shape index (κ3) is 3.82. The maximum Gasteiger partial charge on any atom is 0.416 e. The molecule has 0 aliphatic carbocycles. The average Bonchev–Trinajstić information content (AvgIpc) is 3.01. The van der Waals surface area contributed by atoms with Crippen LogP contribution in [0.2, 0.25) is 10.0 Å². The van der Waals surface area contributed by atoms with Crippen molar-refractivity contribution < 1.29 is 22.7 Å². The third-order valence-electron chi connectivity index (χ3n) is 4.29. The van der Waals surface area contributed by atoms with Crippen molar-refractivity contribution >= 4 is 40.1 Å². The van der Waals surface area contributed by atoms with E-state index < -0.39 is 17.7 Å². The zero-order chi connectivity index (χ0) is 20.6. The standard InChI is InChI=1S/C19H15Cl2F3N2O2/c1-3-28-18(27)17-16(21)12(13(20)8-26-17)5-10-7-25-14-6-11(19(22,23)24)4-9(2)15(10)14/h4,6-8,25H,3,5H2,1-2H3. The van der Waals surface area contributed by atoms with Gasteiger partial charge in [0.15, 0.2) is 5.69 Å². The molecule has 3 rings (SSSR count). The highest BCUT2D eigenvalue weighted by atomic mass is 35.5. The number of aryl methyl sites for hydroxylation is 1. The van der Waals surface area contributed by atoms with E-state index in [2.05, 4.69) is 9.97 Å². The Morgan fingerprint density at radius 3 is 2.64 bits per heavy atom. The molecule has 0 radical (unpaired) electrons. The average molecular weight is 431 g/mol. The smallest absolute Gasteiger partial charge is 0.416 e. The second-order valence-corrected chi connectivity index (χ2v) is 6.96. The summed E-state index contributed by atoms with van der Waals surface area (Å²) in [5, 5.41) is 0.955. The van der Waals surface area contributed by atoms with E-state index in [1.807, 2.05) is 0 Å². The molecule has 1 N–H and O–H groups in total. The van der Waals surface area contributed by atoms with Crippen LogP contribution in [0.3, 0.4) is 0 Å². The zero-order valence-corrected chi connectivity index (χ0v) is 16.4. The van der Waals surface area contributed by atoms with Crippen LogP contribution in [-0.2, 0) is 17.3 Å². The van der Waals surface area contributed by atoms with Gasteiger partial charge in [0, 0.05) is 29.7 Å². The maximum atomic E-state index is 13.0. The van der Waals surface area contributed by atoms with E-state index in [1.165, 1.54) is 6.20 Å². The quantitative estimate of drug-likeness (QED) is 0.519. The highest BCUT2D eigenvalue weighted by molar-refractivity contribution is 6.37. The Bertz CT molecular complexity index is 1060. The second-order valence-electron chi connectivity index (χ2n) is 6.17. The Labute approximate surface area is 168 Å². The summed E-state index contributed by atoms with van der Waals surface area (Å²) in [6.07, 6.45) is -1.32. The lowest BCUT2D eigenvalue weighted by molar-refractivity contribution is -0.137. The highest BCUT2D eigenvalue weighted by Crippen LogP contribution is 2.36. The van der Waals surface area contributed by atoms with Crippen molar-refractivity contribution in [1.82, 2.24) is 9.97 Å². The van der Waals surface area contributed by atoms with Crippen LogP contribution in [0.4, 0.5) is 13.2 Å². The SMILES string of the molecule is CCOC(=O)c1ncc(Cl)c(Cc2c[nH]c3cc(C(F)(F)F)cc(C)c23)c1Cl. The molecule has 148 valence electrons. The molecule has 0 saturated heterocycles. The van der Waals surface area contributed by atoms with Crippen molar-refractivity contribution in [3.8, 4) is 0 Å². The number of rotatable bonds is 4. The fourth-order valence-electron chi connectivity index (χ4n) is 3.07. The monoisotopic (exact) mass is 430 g/mol. The molecule has 4 nitrogen and oxygen atoms in total. The van der Waals surface area contributed by atoms with Crippen molar-refractivity contribution in [2.45, 2.75) is 26.4 Å². The largest absolute Gasteiger partial charge is 0.461 e. The van der Waals surface area contributed by atoms with Gasteiger partial charge < -0.3 is 9.72 Å². The topological polar surface area (TPSA) is 55.0 Å². The number of halogens is 5. The van der Waals surface area contributed by atoms with Gasteiger partial charge >= 0.3 is 12.1 Å². The molecule has 0 unspecified atom stereocenters. The Morgan fingerprint density at radius 1 is 1.29 bits per heavy atom. The minimum atomic E-state index is -4.43. The molecule has 1 aromatic carbocycles. The Hall–Kier alpha value is -2.25. The van der Waals surface area contributed by atoms with Gasteiger partial charge in [0.1, 0.15) is 0 Å². The molecule has 0 aliphatic heterocycles. The molecule has 3 aromatic rings. The molecule has 0 saturated carbocycles. The number of aromatic nitrogens is 2. The van der Waals surface area contributed by atoms with Gasteiger partial charge in [-0.2, -0.15) is 13.2 Å². The van der Waals surface area contributed by atoms with Gasteiger partial charge in [0.25, 0.3) is 0 Å². The number of aromatic amines is 1. The first-order chi connectivity index (χ1) is 13.1. The number of hydrogen-bond donors (Lipinski definition) is 1. The van der Waals surface area contributed by atoms with Gasteiger partial charge in [0.05, 0.1) is 22.2 Å². The summed E-state index contributed by atoms with van der Waals surface area (Å²) in [6.45, 7) is 3.43. The maximum absolute atomic E-state index is 13.0. The van der Waals surface area contributed by atoms with Crippen molar-refractivity contribution in [2.24, 2.45) is 0 Å². The minimum absolute atomic E-state index is 0.0566. The van der Waals surface area contributed by atoms with E-state index in [1.54, 1.807) is 20.0 Å². The lowest BCUT2D eigenvalue weighted by atomic mass is 9.99. The molecule has 0 atom stereocenters. The van der Waals surface area contributed by atoms with Gasteiger partial charge in [-0.15, -0.1) is 0 Å². The van der Waals surface area contributed by atoms with Crippen LogP contribution in [0, 0.1) is 6.92 Å². The number of benzene rings is 1. The third-order valence-corrected chi connectivity index (χ3v) is 5.02. The van der Waals surface area contributed by atoms with Crippen LogP contribution in [0.1, 0.15) is 39.7 Å². The Balaban J connectivity index is 2.06. The summed E-state index contributed by atoms with van der Waals surface area (Å²) in [4.78, 5) is 18.8. The van der Waals surface area contributed by atoms with E-state index in [0.29, 0.717) is 27.6 Å². The van der Waals surface area contributed by atoms with Crippen molar-refractivity contribution in [1.29, 1.82) is 0 Å². The van der Waals surface area contributed by atoms with Crippen LogP contribution in [0.25, 0.3) is 10.9 Å². The molecule has 2 aromatic heterocycles. The van der Waals surface area contributed by atoms with Gasteiger partial charge in [-0.1, -0.05) is 23.2 Å². The summed E-state index contributed by atoms with van der Waals surface area (Å²) in [6, 6.07) is 2.16. The number of carbonyl (C=O) groups excluding carboxylic acids is 1. The van der Waals surface area contributed by atoms with Gasteiger partial charge in [0.2, 0.25) is 0 Å². The van der Waals surface area contributed by atoms with E-state index in [4.69, 9.17) is 27.9 Å². The highest BCUT2D eigenvalue weighted by Gasteiger charge is 2.31. The number of H-pyrrole nitrogens is 1. The normalized spacial score (nSPS) is 11.8. The molecular formula is C19H15Cl2F3N2O2. The van der Waals surface area contributed by atoms with Crippen molar-refractivity contribution in [3.63, 3.8) is 0 Å². The van der Waals surface area contributed by atoms with Crippen molar-refractivity contribution in [3.05, 3.63) is 62.5 Å². The predicted molar refractivity (Wildman–Crippen MR) is 101 cm³/mol. The molecule has 0 bridgehead atoms. The van der Waals surface area contributed by atoms with E-state index in [-0.39, 0.29) is 28.8 Å². The fraction of sp³-hybridized carbons (Fsp3) is 0.263.